The number of carbonyl (C=O) groups is 1. The zero-order valence-corrected chi connectivity index (χ0v) is 19.1. The summed E-state index contributed by atoms with van der Waals surface area (Å²) in [4.78, 5) is 12.4. The molecule has 1 aromatic heterocycles. The average Bonchev–Trinajstić information content (AvgIpc) is 3.37. The lowest BCUT2D eigenvalue weighted by Crippen LogP contribution is -2.08. The number of ether oxygens (including phenoxy) is 3. The van der Waals surface area contributed by atoms with Gasteiger partial charge in [0, 0.05) is 17.3 Å². The second kappa shape index (κ2) is 10.4. The third-order valence-corrected chi connectivity index (χ3v) is 5.15. The molecule has 0 atom stereocenters. The highest BCUT2D eigenvalue weighted by molar-refractivity contribution is 6.02. The van der Waals surface area contributed by atoms with E-state index in [1.54, 1.807) is 50.4 Å². The summed E-state index contributed by atoms with van der Waals surface area (Å²) in [7, 11) is 4.78. The molecule has 1 N–H and O–H groups in total. The maximum atomic E-state index is 12.4. The first-order valence-corrected chi connectivity index (χ1v) is 10.5. The van der Waals surface area contributed by atoms with Crippen molar-refractivity contribution in [1.82, 2.24) is 15.0 Å². The number of amides is 1. The van der Waals surface area contributed by atoms with E-state index in [9.17, 15) is 4.79 Å². The van der Waals surface area contributed by atoms with Gasteiger partial charge < -0.3 is 19.5 Å². The average molecular weight is 457 g/mol. The van der Waals surface area contributed by atoms with Crippen LogP contribution in [0.2, 0.25) is 0 Å². The number of hydrogen-bond donors (Lipinski definition) is 1. The number of nitrogens with one attached hydrogen (secondary N) is 1. The summed E-state index contributed by atoms with van der Waals surface area (Å²) < 4.78 is 17.5. The van der Waals surface area contributed by atoms with Crippen LogP contribution in [0.25, 0.3) is 23.0 Å². The maximum Gasteiger partial charge on any atom is 0.248 e. The highest BCUT2D eigenvalue weighted by atomic mass is 16.5. The van der Waals surface area contributed by atoms with Gasteiger partial charge >= 0.3 is 0 Å². The molecule has 0 fully saturated rings. The van der Waals surface area contributed by atoms with E-state index in [1.807, 2.05) is 54.6 Å². The van der Waals surface area contributed by atoms with Crippen LogP contribution in [-0.2, 0) is 4.79 Å². The number of aromatic nitrogens is 3. The lowest BCUT2D eigenvalue weighted by Gasteiger charge is -2.09. The molecule has 0 radical (unpaired) electrons. The quantitative estimate of drug-likeness (QED) is 0.390. The molecular weight excluding hydrogens is 432 g/mol. The van der Waals surface area contributed by atoms with Crippen LogP contribution in [0.5, 0.6) is 17.2 Å². The number of carbonyl (C=O) groups excluding carboxylic acids is 1. The largest absolute Gasteiger partial charge is 0.497 e. The fourth-order valence-corrected chi connectivity index (χ4v) is 3.38. The highest BCUT2D eigenvalue weighted by Gasteiger charge is 2.10. The molecule has 0 saturated heterocycles. The molecule has 0 unspecified atom stereocenters. The first kappa shape index (κ1) is 22.6. The van der Waals surface area contributed by atoms with Crippen LogP contribution >= 0.6 is 0 Å². The van der Waals surface area contributed by atoms with Gasteiger partial charge in [-0.15, -0.1) is 5.10 Å². The van der Waals surface area contributed by atoms with Gasteiger partial charge in [-0.05, 0) is 72.3 Å². The predicted octanol–water partition coefficient (Wildman–Crippen LogP) is 4.61. The molecule has 0 aliphatic rings. The van der Waals surface area contributed by atoms with E-state index in [-0.39, 0.29) is 5.91 Å². The van der Waals surface area contributed by atoms with E-state index in [2.05, 4.69) is 15.6 Å². The van der Waals surface area contributed by atoms with Crippen LogP contribution in [-0.4, -0.2) is 42.2 Å². The summed E-state index contributed by atoms with van der Waals surface area (Å²) in [5, 5.41) is 11.1. The number of benzene rings is 3. The first-order valence-electron chi connectivity index (χ1n) is 10.5. The van der Waals surface area contributed by atoms with Crippen molar-refractivity contribution in [2.24, 2.45) is 0 Å². The minimum atomic E-state index is -0.248. The van der Waals surface area contributed by atoms with Gasteiger partial charge in [-0.3, -0.25) is 4.79 Å². The summed E-state index contributed by atoms with van der Waals surface area (Å²) in [6, 6.07) is 20.5. The van der Waals surface area contributed by atoms with Gasteiger partial charge in [-0.25, -0.2) is 4.68 Å². The van der Waals surface area contributed by atoms with Crippen LogP contribution in [0.3, 0.4) is 0 Å². The van der Waals surface area contributed by atoms with Crippen LogP contribution in [0, 0.1) is 0 Å². The van der Waals surface area contributed by atoms with Crippen LogP contribution in [0.1, 0.15) is 5.56 Å². The van der Waals surface area contributed by atoms with Crippen molar-refractivity contribution in [3.05, 3.63) is 84.6 Å². The lowest BCUT2D eigenvalue weighted by molar-refractivity contribution is -0.111. The van der Waals surface area contributed by atoms with E-state index in [1.165, 1.54) is 6.08 Å². The Labute approximate surface area is 197 Å². The SMILES string of the molecule is COc1ccc(-c2cnnn2-c2ccc(NC(=O)/C=C\c3ccc(OC)c(OC)c3)cc2)cc1. The molecule has 3 aromatic carbocycles. The summed E-state index contributed by atoms with van der Waals surface area (Å²) in [5.41, 5.74) is 4.11. The molecule has 0 bridgehead atoms. The van der Waals surface area contributed by atoms with Gasteiger partial charge in [-0.1, -0.05) is 11.3 Å². The number of hydrogen-bond acceptors (Lipinski definition) is 6. The van der Waals surface area contributed by atoms with E-state index in [0.29, 0.717) is 17.2 Å². The van der Waals surface area contributed by atoms with Gasteiger partial charge in [0.1, 0.15) is 5.75 Å². The van der Waals surface area contributed by atoms with Gasteiger partial charge in [0.05, 0.1) is 38.9 Å². The van der Waals surface area contributed by atoms with E-state index >= 15 is 0 Å². The first-order chi connectivity index (χ1) is 16.6. The van der Waals surface area contributed by atoms with E-state index < -0.39 is 0 Å². The molecule has 8 nitrogen and oxygen atoms in total. The zero-order chi connectivity index (χ0) is 23.9. The predicted molar refractivity (Wildman–Crippen MR) is 131 cm³/mol. The van der Waals surface area contributed by atoms with Gasteiger partial charge in [0.2, 0.25) is 5.91 Å². The Bertz CT molecular complexity index is 1300. The lowest BCUT2D eigenvalue weighted by atomic mass is 10.1. The highest BCUT2D eigenvalue weighted by Crippen LogP contribution is 2.28. The third kappa shape index (κ3) is 5.07. The Morgan fingerprint density at radius 1 is 0.882 bits per heavy atom. The molecule has 1 heterocycles. The van der Waals surface area contributed by atoms with Crippen LogP contribution in [0.4, 0.5) is 5.69 Å². The Morgan fingerprint density at radius 2 is 1.62 bits per heavy atom. The van der Waals surface area contributed by atoms with Crippen LogP contribution < -0.4 is 19.5 Å². The topological polar surface area (TPSA) is 87.5 Å². The molecular formula is C26H24N4O4. The molecule has 4 aromatic rings. The van der Waals surface area contributed by atoms with Crippen LogP contribution in [0.15, 0.2) is 79.0 Å². The molecule has 172 valence electrons. The Hall–Kier alpha value is -4.59. The Balaban J connectivity index is 1.44. The molecule has 4 rings (SSSR count). The third-order valence-electron chi connectivity index (χ3n) is 5.15. The minimum absolute atomic E-state index is 0.248. The minimum Gasteiger partial charge on any atom is -0.497 e. The molecule has 1 amide bonds. The fourth-order valence-electron chi connectivity index (χ4n) is 3.38. The zero-order valence-electron chi connectivity index (χ0n) is 19.1. The molecule has 0 saturated carbocycles. The maximum absolute atomic E-state index is 12.4. The van der Waals surface area contributed by atoms with Gasteiger partial charge in [0.15, 0.2) is 11.5 Å². The number of methoxy groups -OCH3 is 3. The molecule has 34 heavy (non-hydrogen) atoms. The van der Waals surface area contributed by atoms with Crippen molar-refractivity contribution in [2.75, 3.05) is 26.6 Å². The van der Waals surface area contributed by atoms with Crippen molar-refractivity contribution in [3.8, 4) is 34.2 Å². The fraction of sp³-hybridized carbons (Fsp3) is 0.115. The number of anilines is 1. The van der Waals surface area contributed by atoms with Crippen molar-refractivity contribution >= 4 is 17.7 Å². The van der Waals surface area contributed by atoms with Crippen molar-refractivity contribution < 1.29 is 19.0 Å². The second-order valence-electron chi connectivity index (χ2n) is 7.24. The monoisotopic (exact) mass is 456 g/mol. The van der Waals surface area contributed by atoms with Gasteiger partial charge in [-0.2, -0.15) is 0 Å². The number of nitrogens with zero attached hydrogens (tertiary/aromatic N) is 3. The summed E-state index contributed by atoms with van der Waals surface area (Å²) in [5.74, 6) is 1.76. The van der Waals surface area contributed by atoms with Gasteiger partial charge in [0.25, 0.3) is 0 Å². The van der Waals surface area contributed by atoms with Crippen molar-refractivity contribution in [3.63, 3.8) is 0 Å². The molecule has 0 aliphatic carbocycles. The number of rotatable bonds is 8. The van der Waals surface area contributed by atoms with Crippen molar-refractivity contribution in [2.45, 2.75) is 0 Å². The molecule has 0 aliphatic heterocycles. The Morgan fingerprint density at radius 3 is 2.29 bits per heavy atom. The summed E-state index contributed by atoms with van der Waals surface area (Å²) in [6.45, 7) is 0. The van der Waals surface area contributed by atoms with Crippen molar-refractivity contribution in [1.29, 1.82) is 0 Å². The van der Waals surface area contributed by atoms with E-state index in [0.717, 1.165) is 28.3 Å². The summed E-state index contributed by atoms with van der Waals surface area (Å²) in [6.07, 6.45) is 4.88. The van der Waals surface area contributed by atoms with E-state index in [4.69, 9.17) is 14.2 Å². The Kier molecular flexibility index (Phi) is 6.88. The smallest absolute Gasteiger partial charge is 0.248 e. The standard InChI is InChI=1S/C26H24N4O4/c1-32-22-12-6-19(7-13-22)23-17-27-29-30(23)21-10-8-20(9-11-21)28-26(31)15-5-18-4-14-24(33-2)25(16-18)34-3/h4-17H,1-3H3,(H,28,31)/b15-5-. The molecule has 0 spiro atoms. The normalized spacial score (nSPS) is 10.8. The molecule has 8 heteroatoms. The second-order valence-corrected chi connectivity index (χ2v) is 7.24. The summed E-state index contributed by atoms with van der Waals surface area (Å²) >= 11 is 0.